The van der Waals surface area contributed by atoms with E-state index in [1.54, 1.807) is 12.1 Å². The predicted octanol–water partition coefficient (Wildman–Crippen LogP) is 3.22. The fraction of sp³-hybridized carbons (Fsp3) is 0.235. The third-order valence-electron chi connectivity index (χ3n) is 3.76. The second-order valence-electron chi connectivity index (χ2n) is 5.31. The van der Waals surface area contributed by atoms with Crippen molar-refractivity contribution in [1.82, 2.24) is 0 Å². The Hall–Kier alpha value is -2.36. The molecule has 0 saturated heterocycles. The molecule has 1 amide bonds. The lowest BCUT2D eigenvalue weighted by atomic mass is 10.1. The van der Waals surface area contributed by atoms with Crippen LogP contribution in [0.15, 0.2) is 48.5 Å². The molecule has 3 rings (SSSR count). The van der Waals surface area contributed by atoms with Gasteiger partial charge >= 0.3 is 0 Å². The number of carbonyl (C=O) groups is 1. The van der Waals surface area contributed by atoms with Crippen molar-refractivity contribution in [2.24, 2.45) is 0 Å². The van der Waals surface area contributed by atoms with Gasteiger partial charge < -0.3 is 10.2 Å². The molecule has 2 aromatic carbocycles. The lowest BCUT2D eigenvalue weighted by molar-refractivity contribution is -0.117. The standard InChI is InChI=1S/C17H17FN2O/c1-12-10-13-4-2-3-5-16(13)20(12)17(21)11-19-15-8-6-14(18)7-9-15/h2-9,12,19H,10-11H2,1H3. The number of benzene rings is 2. The number of rotatable bonds is 3. The van der Waals surface area contributed by atoms with E-state index in [4.69, 9.17) is 0 Å². The molecule has 0 aliphatic carbocycles. The first-order valence-electron chi connectivity index (χ1n) is 7.04. The number of nitrogens with one attached hydrogen (secondary N) is 1. The minimum atomic E-state index is -0.283. The Balaban J connectivity index is 1.70. The van der Waals surface area contributed by atoms with Crippen molar-refractivity contribution in [1.29, 1.82) is 0 Å². The number of amides is 1. The smallest absolute Gasteiger partial charge is 0.246 e. The zero-order valence-electron chi connectivity index (χ0n) is 11.8. The lowest BCUT2D eigenvalue weighted by Gasteiger charge is -2.23. The molecule has 108 valence electrons. The first-order chi connectivity index (χ1) is 10.1. The van der Waals surface area contributed by atoms with Gasteiger partial charge in [-0.1, -0.05) is 18.2 Å². The number of fused-ring (bicyclic) bond motifs is 1. The highest BCUT2D eigenvalue weighted by atomic mass is 19.1. The van der Waals surface area contributed by atoms with Crippen LogP contribution in [-0.4, -0.2) is 18.5 Å². The Kier molecular flexibility index (Phi) is 3.60. The molecule has 0 bridgehead atoms. The summed E-state index contributed by atoms with van der Waals surface area (Å²) in [6, 6.07) is 14.2. The third-order valence-corrected chi connectivity index (χ3v) is 3.76. The molecule has 0 radical (unpaired) electrons. The van der Waals surface area contributed by atoms with Gasteiger partial charge in [0.15, 0.2) is 0 Å². The molecule has 4 heteroatoms. The molecular weight excluding hydrogens is 267 g/mol. The van der Waals surface area contributed by atoms with Gasteiger partial charge in [-0.25, -0.2) is 4.39 Å². The van der Waals surface area contributed by atoms with Crippen LogP contribution in [0.2, 0.25) is 0 Å². The van der Waals surface area contributed by atoms with Gasteiger partial charge in [-0.05, 0) is 49.2 Å². The maximum Gasteiger partial charge on any atom is 0.246 e. The zero-order valence-corrected chi connectivity index (χ0v) is 11.8. The molecule has 1 atom stereocenters. The quantitative estimate of drug-likeness (QED) is 0.938. The first-order valence-corrected chi connectivity index (χ1v) is 7.04. The van der Waals surface area contributed by atoms with Gasteiger partial charge in [0.25, 0.3) is 0 Å². The van der Waals surface area contributed by atoms with Gasteiger partial charge in [0.2, 0.25) is 5.91 Å². The van der Waals surface area contributed by atoms with Gasteiger partial charge in [-0.2, -0.15) is 0 Å². The lowest BCUT2D eigenvalue weighted by Crippen LogP contribution is -2.39. The summed E-state index contributed by atoms with van der Waals surface area (Å²) < 4.78 is 12.8. The average molecular weight is 284 g/mol. The molecule has 2 aromatic rings. The van der Waals surface area contributed by atoms with Crippen molar-refractivity contribution in [3.05, 3.63) is 59.9 Å². The van der Waals surface area contributed by atoms with E-state index in [1.165, 1.54) is 17.7 Å². The van der Waals surface area contributed by atoms with Crippen LogP contribution in [0.1, 0.15) is 12.5 Å². The second kappa shape index (κ2) is 5.56. The number of hydrogen-bond acceptors (Lipinski definition) is 2. The van der Waals surface area contributed by atoms with Crippen LogP contribution in [0.25, 0.3) is 0 Å². The number of anilines is 2. The summed E-state index contributed by atoms with van der Waals surface area (Å²) in [5, 5.41) is 3.04. The van der Waals surface area contributed by atoms with E-state index >= 15 is 0 Å². The van der Waals surface area contributed by atoms with Gasteiger partial charge in [0, 0.05) is 17.4 Å². The van der Waals surface area contributed by atoms with E-state index < -0.39 is 0 Å². The van der Waals surface area contributed by atoms with Crippen LogP contribution in [0.3, 0.4) is 0 Å². The molecule has 3 nitrogen and oxygen atoms in total. The summed E-state index contributed by atoms with van der Waals surface area (Å²) >= 11 is 0. The molecule has 0 aromatic heterocycles. The van der Waals surface area contributed by atoms with Crippen molar-refractivity contribution in [3.63, 3.8) is 0 Å². The van der Waals surface area contributed by atoms with Gasteiger partial charge in [-0.3, -0.25) is 4.79 Å². The summed E-state index contributed by atoms with van der Waals surface area (Å²) in [6.07, 6.45) is 0.887. The fourth-order valence-corrected chi connectivity index (χ4v) is 2.78. The van der Waals surface area contributed by atoms with Gasteiger partial charge in [-0.15, -0.1) is 0 Å². The summed E-state index contributed by atoms with van der Waals surface area (Å²) in [6.45, 7) is 2.25. The zero-order chi connectivity index (χ0) is 14.8. The maximum absolute atomic E-state index is 12.8. The molecule has 1 aliphatic rings. The predicted molar refractivity (Wildman–Crippen MR) is 82.0 cm³/mol. The first kappa shape index (κ1) is 13.6. The maximum atomic E-state index is 12.8. The molecule has 0 saturated carbocycles. The minimum Gasteiger partial charge on any atom is -0.376 e. The number of hydrogen-bond donors (Lipinski definition) is 1. The Labute approximate surface area is 123 Å². The van der Waals surface area contributed by atoms with Crippen LogP contribution < -0.4 is 10.2 Å². The molecular formula is C17H17FN2O. The largest absolute Gasteiger partial charge is 0.376 e. The van der Waals surface area contributed by atoms with E-state index in [0.717, 1.165) is 17.8 Å². The summed E-state index contributed by atoms with van der Waals surface area (Å²) in [5.41, 5.74) is 2.95. The molecule has 0 fully saturated rings. The molecule has 21 heavy (non-hydrogen) atoms. The SMILES string of the molecule is CC1Cc2ccccc2N1C(=O)CNc1ccc(F)cc1. The molecule has 0 spiro atoms. The van der Waals surface area contributed by atoms with E-state index in [2.05, 4.69) is 18.3 Å². The van der Waals surface area contributed by atoms with Gasteiger partial charge in [0.05, 0.1) is 6.54 Å². The van der Waals surface area contributed by atoms with E-state index in [1.807, 2.05) is 23.1 Å². The summed E-state index contributed by atoms with van der Waals surface area (Å²) in [5.74, 6) is -0.259. The normalized spacial score (nSPS) is 16.7. The molecule has 1 aliphatic heterocycles. The van der Waals surface area contributed by atoms with E-state index in [0.29, 0.717) is 0 Å². The second-order valence-corrected chi connectivity index (χ2v) is 5.31. The fourth-order valence-electron chi connectivity index (χ4n) is 2.78. The van der Waals surface area contributed by atoms with Crippen molar-refractivity contribution in [3.8, 4) is 0 Å². The Morgan fingerprint density at radius 1 is 1.24 bits per heavy atom. The van der Waals surface area contributed by atoms with Crippen molar-refractivity contribution >= 4 is 17.3 Å². The Morgan fingerprint density at radius 2 is 1.95 bits per heavy atom. The molecule has 1 N–H and O–H groups in total. The average Bonchev–Trinajstić information content (AvgIpc) is 2.82. The molecule has 1 heterocycles. The van der Waals surface area contributed by atoms with Crippen LogP contribution in [0.4, 0.5) is 15.8 Å². The summed E-state index contributed by atoms with van der Waals surface area (Å²) in [4.78, 5) is 14.3. The van der Waals surface area contributed by atoms with E-state index in [-0.39, 0.29) is 24.3 Å². The van der Waals surface area contributed by atoms with Crippen LogP contribution in [-0.2, 0) is 11.2 Å². The number of nitrogens with zero attached hydrogens (tertiary/aromatic N) is 1. The highest BCUT2D eigenvalue weighted by molar-refractivity contribution is 5.98. The molecule has 1 unspecified atom stereocenters. The van der Waals surface area contributed by atoms with Gasteiger partial charge in [0.1, 0.15) is 5.82 Å². The highest BCUT2D eigenvalue weighted by Gasteiger charge is 2.29. The third kappa shape index (κ3) is 2.75. The summed E-state index contributed by atoms with van der Waals surface area (Å²) in [7, 11) is 0. The highest BCUT2D eigenvalue weighted by Crippen LogP contribution is 2.31. The van der Waals surface area contributed by atoms with Crippen molar-refractivity contribution < 1.29 is 9.18 Å². The topological polar surface area (TPSA) is 32.3 Å². The van der Waals surface area contributed by atoms with Crippen molar-refractivity contribution in [2.75, 3.05) is 16.8 Å². The Bertz CT molecular complexity index is 654. The van der Waals surface area contributed by atoms with Crippen LogP contribution in [0, 0.1) is 5.82 Å². The van der Waals surface area contributed by atoms with Crippen molar-refractivity contribution in [2.45, 2.75) is 19.4 Å². The van der Waals surface area contributed by atoms with E-state index in [9.17, 15) is 9.18 Å². The monoisotopic (exact) mass is 284 g/mol. The number of carbonyl (C=O) groups excluding carboxylic acids is 1. The Morgan fingerprint density at radius 3 is 2.71 bits per heavy atom. The van der Waals surface area contributed by atoms with Crippen LogP contribution >= 0.6 is 0 Å². The number of halogens is 1. The number of para-hydroxylation sites is 1. The minimum absolute atomic E-state index is 0.0248. The van der Waals surface area contributed by atoms with Crippen LogP contribution in [0.5, 0.6) is 0 Å².